The first-order valence-corrected chi connectivity index (χ1v) is 10.0. The lowest BCUT2D eigenvalue weighted by Crippen LogP contribution is -2.21. The molecule has 0 spiro atoms. The summed E-state index contributed by atoms with van der Waals surface area (Å²) in [5, 5.41) is 2.56. The molecule has 6 nitrogen and oxygen atoms in total. The normalized spacial score (nSPS) is 11.2. The van der Waals surface area contributed by atoms with E-state index in [0.29, 0.717) is 21.5 Å². The van der Waals surface area contributed by atoms with Crippen LogP contribution in [0.3, 0.4) is 0 Å². The summed E-state index contributed by atoms with van der Waals surface area (Å²) in [6.45, 7) is 4.16. The van der Waals surface area contributed by atoms with Crippen LogP contribution in [0.2, 0.25) is 0 Å². The maximum atomic E-state index is 13.1. The van der Waals surface area contributed by atoms with Crippen LogP contribution >= 0.6 is 22.7 Å². The van der Waals surface area contributed by atoms with E-state index in [-0.39, 0.29) is 18.7 Å². The zero-order valence-electron chi connectivity index (χ0n) is 14.7. The minimum absolute atomic E-state index is 0.113. The zero-order valence-corrected chi connectivity index (χ0v) is 16.4. The first-order valence-electron chi connectivity index (χ1n) is 8.35. The average Bonchev–Trinajstić information content (AvgIpc) is 3.37. The Morgan fingerprint density at radius 3 is 2.93 bits per heavy atom. The minimum atomic E-state index is -0.464. The van der Waals surface area contributed by atoms with E-state index in [9.17, 15) is 9.59 Å². The molecule has 4 aromatic rings. The van der Waals surface area contributed by atoms with Crippen molar-refractivity contribution < 1.29 is 13.9 Å². The molecular formula is C19H16N2O4S2. The highest BCUT2D eigenvalue weighted by Gasteiger charge is 2.19. The summed E-state index contributed by atoms with van der Waals surface area (Å²) in [6.07, 6.45) is 2.91. The standard InChI is InChI=1S/C19H16N2O4S2/c1-3-24-19(23)12-6-7-25-14(12)8-21-10-20-17-16(18(21)22)13(9-26-17)15-5-4-11(2)27-15/h4-7,9-10H,3,8H2,1-2H3. The van der Waals surface area contributed by atoms with Gasteiger partial charge in [-0.25, -0.2) is 9.78 Å². The van der Waals surface area contributed by atoms with Crippen molar-refractivity contribution in [3.05, 3.63) is 62.7 Å². The fourth-order valence-electron chi connectivity index (χ4n) is 2.85. The number of aromatic nitrogens is 2. The zero-order chi connectivity index (χ0) is 19.0. The van der Waals surface area contributed by atoms with Gasteiger partial charge in [0.15, 0.2) is 0 Å². The van der Waals surface area contributed by atoms with Gasteiger partial charge in [-0.1, -0.05) is 0 Å². The van der Waals surface area contributed by atoms with Gasteiger partial charge in [-0.2, -0.15) is 0 Å². The second-order valence-corrected chi connectivity index (χ2v) is 8.04. The van der Waals surface area contributed by atoms with E-state index < -0.39 is 5.97 Å². The van der Waals surface area contributed by atoms with Crippen LogP contribution in [0, 0.1) is 6.92 Å². The van der Waals surface area contributed by atoms with Crippen LogP contribution in [0.15, 0.2) is 45.4 Å². The highest BCUT2D eigenvalue weighted by molar-refractivity contribution is 7.19. The number of rotatable bonds is 5. The SMILES string of the molecule is CCOC(=O)c1ccoc1Cn1cnc2scc(-c3ccc(C)s3)c2c1=O. The molecule has 0 saturated carbocycles. The molecule has 0 unspecified atom stereocenters. The summed E-state index contributed by atoms with van der Waals surface area (Å²) >= 11 is 3.09. The van der Waals surface area contributed by atoms with Gasteiger partial charge in [0.1, 0.15) is 16.2 Å². The molecule has 4 aromatic heterocycles. The fourth-order valence-corrected chi connectivity index (χ4v) is 4.71. The van der Waals surface area contributed by atoms with Crippen LogP contribution in [0.4, 0.5) is 0 Å². The second kappa shape index (κ2) is 7.13. The van der Waals surface area contributed by atoms with Crippen molar-refractivity contribution in [2.24, 2.45) is 0 Å². The highest BCUT2D eigenvalue weighted by atomic mass is 32.1. The van der Waals surface area contributed by atoms with Crippen molar-refractivity contribution in [3.8, 4) is 10.4 Å². The largest absolute Gasteiger partial charge is 0.467 e. The van der Waals surface area contributed by atoms with Gasteiger partial charge in [0.2, 0.25) is 0 Å². The number of ether oxygens (including phenoxy) is 1. The lowest BCUT2D eigenvalue weighted by atomic mass is 10.2. The first kappa shape index (κ1) is 17.7. The molecule has 0 aromatic carbocycles. The number of nitrogens with zero attached hydrogens (tertiary/aromatic N) is 2. The van der Waals surface area contributed by atoms with E-state index in [1.54, 1.807) is 24.3 Å². The van der Waals surface area contributed by atoms with Crippen LogP contribution in [0.1, 0.15) is 27.9 Å². The molecule has 0 aliphatic carbocycles. The molecule has 8 heteroatoms. The number of aryl methyl sites for hydroxylation is 1. The highest BCUT2D eigenvalue weighted by Crippen LogP contribution is 2.34. The predicted molar refractivity (Wildman–Crippen MR) is 106 cm³/mol. The third-order valence-corrected chi connectivity index (χ3v) is 6.04. The number of fused-ring (bicyclic) bond motifs is 1. The molecule has 27 heavy (non-hydrogen) atoms. The summed E-state index contributed by atoms with van der Waals surface area (Å²) in [5.74, 6) is -0.0888. The van der Waals surface area contributed by atoms with E-state index in [0.717, 1.165) is 10.4 Å². The Morgan fingerprint density at radius 2 is 2.19 bits per heavy atom. The summed E-state index contributed by atoms with van der Waals surface area (Å²) in [7, 11) is 0. The molecule has 0 saturated heterocycles. The lowest BCUT2D eigenvalue weighted by Gasteiger charge is -2.06. The van der Waals surface area contributed by atoms with Crippen LogP contribution in [-0.4, -0.2) is 22.1 Å². The Hall–Kier alpha value is -2.71. The molecule has 0 bridgehead atoms. The predicted octanol–water partition coefficient (Wildman–Crippen LogP) is 4.31. The molecule has 0 fully saturated rings. The van der Waals surface area contributed by atoms with E-state index in [4.69, 9.17) is 9.15 Å². The minimum Gasteiger partial charge on any atom is -0.467 e. The van der Waals surface area contributed by atoms with E-state index in [2.05, 4.69) is 4.98 Å². The molecule has 138 valence electrons. The summed E-state index contributed by atoms with van der Waals surface area (Å²) in [5.41, 5.74) is 1.06. The Kier molecular flexibility index (Phi) is 4.67. The van der Waals surface area contributed by atoms with Crippen molar-refractivity contribution >= 4 is 38.9 Å². The van der Waals surface area contributed by atoms with Crippen molar-refractivity contribution in [1.29, 1.82) is 0 Å². The van der Waals surface area contributed by atoms with Crippen molar-refractivity contribution in [2.75, 3.05) is 6.61 Å². The number of thiophene rings is 2. The van der Waals surface area contributed by atoms with E-state index in [1.807, 2.05) is 24.4 Å². The molecule has 0 radical (unpaired) electrons. The fraction of sp³-hybridized carbons (Fsp3) is 0.211. The third kappa shape index (κ3) is 3.22. The van der Waals surface area contributed by atoms with Crippen LogP contribution in [-0.2, 0) is 11.3 Å². The van der Waals surface area contributed by atoms with Crippen molar-refractivity contribution in [1.82, 2.24) is 9.55 Å². The molecule has 0 amide bonds. The second-order valence-electron chi connectivity index (χ2n) is 5.90. The van der Waals surface area contributed by atoms with Crippen LogP contribution < -0.4 is 5.56 Å². The quantitative estimate of drug-likeness (QED) is 0.467. The monoisotopic (exact) mass is 400 g/mol. The average molecular weight is 400 g/mol. The topological polar surface area (TPSA) is 74.3 Å². The molecule has 0 aliphatic heterocycles. The van der Waals surface area contributed by atoms with Crippen molar-refractivity contribution in [3.63, 3.8) is 0 Å². The Labute approximate surface area is 162 Å². The summed E-state index contributed by atoms with van der Waals surface area (Å²) < 4.78 is 11.9. The van der Waals surface area contributed by atoms with Crippen molar-refractivity contribution in [2.45, 2.75) is 20.4 Å². The Bertz CT molecular complexity index is 1180. The van der Waals surface area contributed by atoms with Gasteiger partial charge in [-0.3, -0.25) is 9.36 Å². The molecule has 4 rings (SSSR count). The van der Waals surface area contributed by atoms with Gasteiger partial charge in [0, 0.05) is 20.7 Å². The van der Waals surface area contributed by atoms with E-state index in [1.165, 1.54) is 33.4 Å². The van der Waals surface area contributed by atoms with Gasteiger partial charge in [0.05, 0.1) is 31.1 Å². The Balaban J connectivity index is 1.76. The lowest BCUT2D eigenvalue weighted by molar-refractivity contribution is 0.0523. The maximum absolute atomic E-state index is 13.1. The number of carbonyl (C=O) groups is 1. The van der Waals surface area contributed by atoms with Crippen LogP contribution in [0.5, 0.6) is 0 Å². The molecular weight excluding hydrogens is 384 g/mol. The number of esters is 1. The summed E-state index contributed by atoms with van der Waals surface area (Å²) in [4.78, 5) is 32.5. The molecule has 0 N–H and O–H groups in total. The number of furan rings is 1. The Morgan fingerprint density at radius 1 is 1.33 bits per heavy atom. The third-order valence-electron chi connectivity index (χ3n) is 4.12. The van der Waals surface area contributed by atoms with Gasteiger partial charge < -0.3 is 9.15 Å². The molecule has 0 aliphatic rings. The van der Waals surface area contributed by atoms with Crippen LogP contribution in [0.25, 0.3) is 20.7 Å². The molecule has 0 atom stereocenters. The van der Waals surface area contributed by atoms with Gasteiger partial charge >= 0.3 is 5.97 Å². The van der Waals surface area contributed by atoms with Gasteiger partial charge in [0.25, 0.3) is 5.56 Å². The molecule has 4 heterocycles. The van der Waals surface area contributed by atoms with Gasteiger partial charge in [-0.15, -0.1) is 22.7 Å². The maximum Gasteiger partial charge on any atom is 0.341 e. The first-order chi connectivity index (χ1) is 13.1. The van der Waals surface area contributed by atoms with Gasteiger partial charge in [-0.05, 0) is 32.0 Å². The number of hydrogen-bond donors (Lipinski definition) is 0. The smallest absolute Gasteiger partial charge is 0.341 e. The number of carbonyl (C=O) groups excluding carboxylic acids is 1. The van der Waals surface area contributed by atoms with E-state index >= 15 is 0 Å². The summed E-state index contributed by atoms with van der Waals surface area (Å²) in [6, 6.07) is 5.60. The number of hydrogen-bond acceptors (Lipinski definition) is 7.